The number of aliphatic hydroxyl groups excluding tert-OH is 2. The van der Waals surface area contributed by atoms with Crippen LogP contribution in [0.1, 0.15) is 84.0 Å². The molecule has 0 aromatic heterocycles. The molecule has 2 atom stereocenters. The van der Waals surface area contributed by atoms with Gasteiger partial charge in [0.05, 0.1) is 18.8 Å². The lowest BCUT2D eigenvalue weighted by molar-refractivity contribution is 0.144. The fraction of sp³-hybridized carbons (Fsp3) is 0.889. The molecule has 0 aliphatic carbocycles. The van der Waals surface area contributed by atoms with Gasteiger partial charge in [0, 0.05) is 0 Å². The molecule has 0 amide bonds. The third kappa shape index (κ3) is 28.5. The fourth-order valence-electron chi connectivity index (χ4n) is 2.41. The topological polar surface area (TPSA) is 144 Å². The molecular formula is C18H40NO6P. The molecule has 0 bridgehead atoms. The van der Waals surface area contributed by atoms with Gasteiger partial charge < -0.3 is 30.6 Å². The third-order valence-electron chi connectivity index (χ3n) is 3.96. The molecule has 0 saturated carbocycles. The summed E-state index contributed by atoms with van der Waals surface area (Å²) >= 11 is 0. The highest BCUT2D eigenvalue weighted by atomic mass is 31.2. The summed E-state index contributed by atoms with van der Waals surface area (Å²) in [6.07, 6.45) is 18.8. The van der Waals surface area contributed by atoms with Crippen LogP contribution in [-0.4, -0.2) is 43.6 Å². The van der Waals surface area contributed by atoms with Crippen molar-refractivity contribution < 1.29 is 29.5 Å². The molecule has 0 aliphatic heterocycles. The van der Waals surface area contributed by atoms with Gasteiger partial charge in [-0.25, -0.2) is 4.57 Å². The van der Waals surface area contributed by atoms with Crippen molar-refractivity contribution in [3.8, 4) is 0 Å². The molecule has 26 heavy (non-hydrogen) atoms. The maximum atomic E-state index is 9.52. The van der Waals surface area contributed by atoms with Crippen molar-refractivity contribution in [2.45, 2.75) is 96.1 Å². The van der Waals surface area contributed by atoms with E-state index in [0.29, 0.717) is 0 Å². The predicted octanol–water partition coefficient (Wildman–Crippen LogP) is 3.00. The maximum absolute atomic E-state index is 9.52. The Morgan fingerprint density at radius 1 is 0.885 bits per heavy atom. The van der Waals surface area contributed by atoms with Gasteiger partial charge in [0.15, 0.2) is 0 Å². The molecule has 0 aromatic carbocycles. The normalized spacial score (nSPS) is 14.1. The Morgan fingerprint density at radius 2 is 1.27 bits per heavy atom. The van der Waals surface area contributed by atoms with E-state index >= 15 is 0 Å². The van der Waals surface area contributed by atoms with Crippen molar-refractivity contribution in [3.05, 3.63) is 12.2 Å². The van der Waals surface area contributed by atoms with Crippen molar-refractivity contribution in [2.75, 3.05) is 6.61 Å². The molecular weight excluding hydrogens is 357 g/mol. The molecule has 0 aliphatic rings. The van der Waals surface area contributed by atoms with Crippen LogP contribution in [0.3, 0.4) is 0 Å². The Hall–Kier alpha value is -0.270. The second-order valence-electron chi connectivity index (χ2n) is 6.60. The first-order valence-electron chi connectivity index (χ1n) is 9.71. The van der Waals surface area contributed by atoms with E-state index in [9.17, 15) is 5.11 Å². The average Bonchev–Trinajstić information content (AvgIpc) is 2.56. The molecule has 158 valence electrons. The van der Waals surface area contributed by atoms with Crippen LogP contribution in [-0.2, 0) is 4.57 Å². The number of hydrogen-bond donors (Lipinski definition) is 6. The van der Waals surface area contributed by atoms with Crippen LogP contribution in [0.15, 0.2) is 12.2 Å². The van der Waals surface area contributed by atoms with Gasteiger partial charge in [0.1, 0.15) is 0 Å². The second kappa shape index (κ2) is 19.5. The molecule has 7 N–H and O–H groups in total. The first-order valence-corrected chi connectivity index (χ1v) is 11.3. The molecule has 7 nitrogen and oxygen atoms in total. The number of nitrogens with two attached hydrogens (primary N) is 1. The fourth-order valence-corrected chi connectivity index (χ4v) is 2.41. The number of hydrogen-bond acceptors (Lipinski definition) is 4. The Kier molecular flexibility index (Phi) is 20.9. The van der Waals surface area contributed by atoms with Crippen LogP contribution in [0.25, 0.3) is 0 Å². The number of allylic oxidation sites excluding steroid dienone is 1. The number of rotatable bonds is 15. The second-order valence-corrected chi connectivity index (χ2v) is 7.63. The molecule has 0 unspecified atom stereocenters. The lowest BCUT2D eigenvalue weighted by Crippen LogP contribution is -2.36. The summed E-state index contributed by atoms with van der Waals surface area (Å²) in [5.41, 5.74) is 5.51. The van der Waals surface area contributed by atoms with Crippen molar-refractivity contribution in [3.63, 3.8) is 0 Å². The van der Waals surface area contributed by atoms with Gasteiger partial charge in [0.2, 0.25) is 0 Å². The quantitative estimate of drug-likeness (QED) is 0.142. The third-order valence-corrected chi connectivity index (χ3v) is 3.96. The SMILES string of the molecule is CCCCCCCCCCCCCC=C[C@@H](O)[C@@H](N)CO.O=P(O)(O)O. The van der Waals surface area contributed by atoms with E-state index < -0.39 is 20.0 Å². The van der Waals surface area contributed by atoms with Gasteiger partial charge in [-0.2, -0.15) is 0 Å². The average molecular weight is 397 g/mol. The van der Waals surface area contributed by atoms with Crippen molar-refractivity contribution in [1.82, 2.24) is 0 Å². The first kappa shape index (κ1) is 27.9. The molecule has 0 heterocycles. The van der Waals surface area contributed by atoms with E-state index in [1.807, 2.05) is 6.08 Å². The number of aliphatic hydroxyl groups is 2. The molecule has 8 heteroatoms. The molecule has 0 aromatic rings. The Labute approximate surface area is 158 Å². The molecule has 0 spiro atoms. The van der Waals surface area contributed by atoms with E-state index in [0.717, 1.165) is 6.42 Å². The van der Waals surface area contributed by atoms with Crippen LogP contribution in [0, 0.1) is 0 Å². The number of unbranched alkanes of at least 4 members (excludes halogenated alkanes) is 11. The Morgan fingerprint density at radius 3 is 1.65 bits per heavy atom. The molecule has 0 fully saturated rings. The Balaban J connectivity index is 0. The lowest BCUT2D eigenvalue weighted by atomic mass is 10.0. The summed E-state index contributed by atoms with van der Waals surface area (Å²) in [6.45, 7) is 2.08. The standard InChI is InChI=1S/C18H37NO2.H3O4P/c1-2-3-4-5-6-7-8-9-10-11-12-13-14-15-18(21)17(19)16-20;1-5(2,3)4/h14-15,17-18,20-21H,2-13,16,19H2,1H3;(H3,1,2,3,4)/t17-,18+;/m0./s1. The van der Waals surface area contributed by atoms with E-state index in [1.54, 1.807) is 6.08 Å². The molecule has 0 rings (SSSR count). The monoisotopic (exact) mass is 397 g/mol. The summed E-state index contributed by atoms with van der Waals surface area (Å²) in [5, 5.41) is 18.3. The summed E-state index contributed by atoms with van der Waals surface area (Å²) in [4.78, 5) is 21.6. The van der Waals surface area contributed by atoms with E-state index in [-0.39, 0.29) is 6.61 Å². The lowest BCUT2D eigenvalue weighted by Gasteiger charge is -2.11. The van der Waals surface area contributed by atoms with Crippen LogP contribution >= 0.6 is 7.82 Å². The molecule has 0 radical (unpaired) electrons. The minimum Gasteiger partial charge on any atom is -0.395 e. The highest BCUT2D eigenvalue weighted by Crippen LogP contribution is 2.25. The van der Waals surface area contributed by atoms with Gasteiger partial charge >= 0.3 is 7.82 Å². The highest BCUT2D eigenvalue weighted by molar-refractivity contribution is 7.45. The van der Waals surface area contributed by atoms with E-state index in [2.05, 4.69) is 6.92 Å². The zero-order valence-corrected chi connectivity index (χ0v) is 17.1. The minimum absolute atomic E-state index is 0.177. The summed E-state index contributed by atoms with van der Waals surface area (Å²) in [7, 11) is -4.64. The zero-order chi connectivity index (χ0) is 20.3. The highest BCUT2D eigenvalue weighted by Gasteiger charge is 2.08. The zero-order valence-electron chi connectivity index (χ0n) is 16.2. The maximum Gasteiger partial charge on any atom is 0.466 e. The van der Waals surface area contributed by atoms with Crippen molar-refractivity contribution in [2.24, 2.45) is 5.73 Å². The van der Waals surface area contributed by atoms with Crippen LogP contribution < -0.4 is 5.73 Å². The van der Waals surface area contributed by atoms with Crippen LogP contribution in [0.5, 0.6) is 0 Å². The van der Waals surface area contributed by atoms with Crippen LogP contribution in [0.4, 0.5) is 0 Å². The van der Waals surface area contributed by atoms with Gasteiger partial charge in [0.25, 0.3) is 0 Å². The summed E-state index contributed by atoms with van der Waals surface area (Å²) in [6, 6.07) is -0.557. The van der Waals surface area contributed by atoms with Crippen molar-refractivity contribution in [1.29, 1.82) is 0 Å². The van der Waals surface area contributed by atoms with E-state index in [1.165, 1.54) is 70.6 Å². The number of phosphoric acid groups is 1. The van der Waals surface area contributed by atoms with Crippen LogP contribution in [0.2, 0.25) is 0 Å². The summed E-state index contributed by atoms with van der Waals surface area (Å²) in [5.74, 6) is 0. The van der Waals surface area contributed by atoms with Crippen molar-refractivity contribution >= 4 is 7.82 Å². The van der Waals surface area contributed by atoms with Gasteiger partial charge in [-0.05, 0) is 12.8 Å². The summed E-state index contributed by atoms with van der Waals surface area (Å²) < 4.78 is 8.88. The first-order chi connectivity index (χ1) is 12.2. The van der Waals surface area contributed by atoms with Gasteiger partial charge in [-0.1, -0.05) is 83.3 Å². The van der Waals surface area contributed by atoms with Gasteiger partial charge in [-0.3, -0.25) is 0 Å². The smallest absolute Gasteiger partial charge is 0.395 e. The Bertz CT molecular complexity index is 353. The minimum atomic E-state index is -4.64. The largest absolute Gasteiger partial charge is 0.466 e. The van der Waals surface area contributed by atoms with E-state index in [4.69, 9.17) is 30.1 Å². The predicted molar refractivity (Wildman–Crippen MR) is 106 cm³/mol. The molecule has 0 saturated heterocycles. The van der Waals surface area contributed by atoms with Gasteiger partial charge in [-0.15, -0.1) is 0 Å².